The minimum absolute atomic E-state index is 0.120. The predicted octanol–water partition coefficient (Wildman–Crippen LogP) is 1.45. The largest absolute Gasteiger partial charge is 0.481 e. The molecule has 1 saturated heterocycles. The van der Waals surface area contributed by atoms with E-state index in [-0.39, 0.29) is 17.4 Å². The lowest BCUT2D eigenvalue weighted by molar-refractivity contribution is -0.142. The third kappa shape index (κ3) is 3.46. The third-order valence-corrected chi connectivity index (χ3v) is 3.59. The molecule has 0 aromatic rings. The number of carboxylic acids is 1. The fourth-order valence-electron chi connectivity index (χ4n) is 2.10. The second-order valence-corrected chi connectivity index (χ2v) is 5.40. The van der Waals surface area contributed by atoms with Crippen molar-refractivity contribution in [1.29, 1.82) is 0 Å². The second-order valence-electron chi connectivity index (χ2n) is 5.40. The highest BCUT2D eigenvalue weighted by molar-refractivity contribution is 5.71. The van der Waals surface area contributed by atoms with E-state index in [1.807, 2.05) is 6.92 Å². The summed E-state index contributed by atoms with van der Waals surface area (Å²) in [4.78, 5) is 13.2. The summed E-state index contributed by atoms with van der Waals surface area (Å²) in [5.74, 6) is -0.616. The molecule has 1 rings (SSSR count). The zero-order valence-electron chi connectivity index (χ0n) is 10.7. The molecule has 4 heteroatoms. The van der Waals surface area contributed by atoms with Crippen molar-refractivity contribution in [2.45, 2.75) is 32.8 Å². The highest BCUT2D eigenvalue weighted by atomic mass is 16.5. The topological polar surface area (TPSA) is 49.8 Å². The van der Waals surface area contributed by atoms with E-state index in [0.717, 1.165) is 19.5 Å². The maximum absolute atomic E-state index is 11.0. The quantitative estimate of drug-likeness (QED) is 0.775. The van der Waals surface area contributed by atoms with Crippen molar-refractivity contribution < 1.29 is 14.6 Å². The summed E-state index contributed by atoms with van der Waals surface area (Å²) >= 11 is 0. The summed E-state index contributed by atoms with van der Waals surface area (Å²) in [6.45, 7) is 8.60. The number of carbonyl (C=O) groups is 1. The predicted molar refractivity (Wildman–Crippen MR) is 62.4 cm³/mol. The molecule has 0 aromatic carbocycles. The smallest absolute Gasteiger partial charge is 0.308 e. The van der Waals surface area contributed by atoms with Crippen LogP contribution in [-0.2, 0) is 9.53 Å². The van der Waals surface area contributed by atoms with Gasteiger partial charge in [0, 0.05) is 26.7 Å². The monoisotopic (exact) mass is 229 g/mol. The van der Waals surface area contributed by atoms with Gasteiger partial charge >= 0.3 is 5.97 Å². The zero-order valence-corrected chi connectivity index (χ0v) is 10.7. The molecular weight excluding hydrogens is 206 g/mol. The van der Waals surface area contributed by atoms with Crippen molar-refractivity contribution in [2.24, 2.45) is 11.8 Å². The van der Waals surface area contributed by atoms with Gasteiger partial charge < -0.3 is 14.7 Å². The average Bonchev–Trinajstić information content (AvgIpc) is 2.57. The van der Waals surface area contributed by atoms with E-state index < -0.39 is 5.97 Å². The van der Waals surface area contributed by atoms with Gasteiger partial charge in [0.1, 0.15) is 0 Å². The van der Waals surface area contributed by atoms with Crippen molar-refractivity contribution in [2.75, 3.05) is 26.7 Å². The minimum atomic E-state index is -0.666. The summed E-state index contributed by atoms with van der Waals surface area (Å²) < 4.78 is 5.36. The lowest BCUT2D eigenvalue weighted by atomic mass is 9.99. The number of aliphatic carboxylic acids is 1. The first-order valence-electron chi connectivity index (χ1n) is 5.86. The molecular formula is C12H23NO3. The fraction of sp³-hybridized carbons (Fsp3) is 0.917. The third-order valence-electron chi connectivity index (χ3n) is 3.59. The van der Waals surface area contributed by atoms with Gasteiger partial charge in [0.15, 0.2) is 0 Å². The molecule has 4 nitrogen and oxygen atoms in total. The Balaban J connectivity index is 2.39. The maximum atomic E-state index is 11.0. The second kappa shape index (κ2) is 5.15. The molecule has 2 unspecified atom stereocenters. The Hall–Kier alpha value is -0.610. The molecule has 0 spiro atoms. The van der Waals surface area contributed by atoms with E-state index in [4.69, 9.17) is 9.84 Å². The van der Waals surface area contributed by atoms with E-state index in [0.29, 0.717) is 6.54 Å². The molecule has 1 fully saturated rings. The molecule has 0 aromatic heterocycles. The lowest BCUT2D eigenvalue weighted by Gasteiger charge is -2.26. The van der Waals surface area contributed by atoms with Gasteiger partial charge in [0.2, 0.25) is 0 Å². The first-order valence-corrected chi connectivity index (χ1v) is 5.86. The Labute approximate surface area is 97.6 Å². The summed E-state index contributed by atoms with van der Waals surface area (Å²) in [6, 6.07) is 0. The normalized spacial score (nSPS) is 27.2. The number of ether oxygens (including phenoxy) is 1. The van der Waals surface area contributed by atoms with Crippen LogP contribution in [0.25, 0.3) is 0 Å². The molecule has 1 aliphatic rings. The molecule has 0 bridgehead atoms. The molecule has 16 heavy (non-hydrogen) atoms. The number of rotatable bonds is 5. The van der Waals surface area contributed by atoms with Gasteiger partial charge in [0.25, 0.3) is 0 Å². The summed E-state index contributed by atoms with van der Waals surface area (Å²) in [5.41, 5.74) is -0.120. The van der Waals surface area contributed by atoms with Crippen molar-refractivity contribution in [3.8, 4) is 0 Å². The van der Waals surface area contributed by atoms with E-state index in [1.54, 1.807) is 7.11 Å². The van der Waals surface area contributed by atoms with Crippen LogP contribution >= 0.6 is 0 Å². The van der Waals surface area contributed by atoms with Crippen molar-refractivity contribution in [1.82, 2.24) is 4.90 Å². The minimum Gasteiger partial charge on any atom is -0.481 e. The van der Waals surface area contributed by atoms with Crippen LogP contribution in [0.15, 0.2) is 0 Å². The molecule has 2 atom stereocenters. The van der Waals surface area contributed by atoms with Crippen LogP contribution in [0.4, 0.5) is 0 Å². The molecule has 94 valence electrons. The van der Waals surface area contributed by atoms with Crippen LogP contribution in [0.3, 0.4) is 0 Å². The number of hydrogen-bond donors (Lipinski definition) is 1. The Morgan fingerprint density at radius 3 is 2.56 bits per heavy atom. The zero-order chi connectivity index (χ0) is 12.3. The Bertz CT molecular complexity index is 253. The van der Waals surface area contributed by atoms with Gasteiger partial charge in [-0.15, -0.1) is 0 Å². The van der Waals surface area contributed by atoms with Crippen LogP contribution in [0, 0.1) is 11.8 Å². The summed E-state index contributed by atoms with van der Waals surface area (Å²) in [6.07, 6.45) is 0.933. The van der Waals surface area contributed by atoms with Crippen molar-refractivity contribution >= 4 is 5.97 Å². The van der Waals surface area contributed by atoms with Gasteiger partial charge in [-0.1, -0.05) is 6.92 Å². The number of nitrogens with zero attached hydrogens (tertiary/aromatic N) is 1. The molecule has 0 amide bonds. The SMILES string of the molecule is COC(C)(C)CCN1CC(C)C(C(=O)O)C1. The van der Waals surface area contributed by atoms with Crippen LogP contribution < -0.4 is 0 Å². The number of hydrogen-bond acceptors (Lipinski definition) is 3. The van der Waals surface area contributed by atoms with Gasteiger partial charge in [-0.2, -0.15) is 0 Å². The Kier molecular flexibility index (Phi) is 4.33. The van der Waals surface area contributed by atoms with E-state index in [1.165, 1.54) is 0 Å². The van der Waals surface area contributed by atoms with Gasteiger partial charge in [-0.05, 0) is 26.2 Å². The maximum Gasteiger partial charge on any atom is 0.308 e. The first kappa shape index (κ1) is 13.5. The molecule has 1 heterocycles. The highest BCUT2D eigenvalue weighted by Gasteiger charge is 2.34. The van der Waals surface area contributed by atoms with E-state index in [9.17, 15) is 4.79 Å². The molecule has 1 N–H and O–H groups in total. The van der Waals surface area contributed by atoms with Crippen molar-refractivity contribution in [3.05, 3.63) is 0 Å². The average molecular weight is 229 g/mol. The first-order chi connectivity index (χ1) is 7.35. The number of methoxy groups -OCH3 is 1. The molecule has 0 saturated carbocycles. The van der Waals surface area contributed by atoms with E-state index >= 15 is 0 Å². The highest BCUT2D eigenvalue weighted by Crippen LogP contribution is 2.24. The Morgan fingerprint density at radius 2 is 2.12 bits per heavy atom. The summed E-state index contributed by atoms with van der Waals surface area (Å²) in [5, 5.41) is 9.02. The number of carboxylic acid groups (broad SMARTS) is 1. The van der Waals surface area contributed by atoms with Crippen LogP contribution in [0.1, 0.15) is 27.2 Å². The van der Waals surface area contributed by atoms with Crippen LogP contribution in [0.2, 0.25) is 0 Å². The van der Waals surface area contributed by atoms with Gasteiger partial charge in [-0.25, -0.2) is 0 Å². The van der Waals surface area contributed by atoms with Crippen LogP contribution in [-0.4, -0.2) is 48.3 Å². The standard InChI is InChI=1S/C12H23NO3/c1-9-7-13(8-10(9)11(14)15)6-5-12(2,3)16-4/h9-10H,5-8H2,1-4H3,(H,14,15). The van der Waals surface area contributed by atoms with Crippen molar-refractivity contribution in [3.63, 3.8) is 0 Å². The van der Waals surface area contributed by atoms with Crippen LogP contribution in [0.5, 0.6) is 0 Å². The van der Waals surface area contributed by atoms with Gasteiger partial charge in [0.05, 0.1) is 11.5 Å². The molecule has 0 aliphatic carbocycles. The number of likely N-dealkylation sites (tertiary alicyclic amines) is 1. The molecule has 0 radical (unpaired) electrons. The Morgan fingerprint density at radius 1 is 1.50 bits per heavy atom. The fourth-order valence-corrected chi connectivity index (χ4v) is 2.10. The van der Waals surface area contributed by atoms with Gasteiger partial charge in [-0.3, -0.25) is 4.79 Å². The lowest BCUT2D eigenvalue weighted by Crippen LogP contribution is -2.31. The molecule has 1 aliphatic heterocycles. The summed E-state index contributed by atoms with van der Waals surface area (Å²) in [7, 11) is 1.71. The van der Waals surface area contributed by atoms with E-state index in [2.05, 4.69) is 18.7 Å².